The van der Waals surface area contributed by atoms with Gasteiger partial charge in [0.05, 0.1) is 16.9 Å². The molecule has 0 atom stereocenters. The van der Waals surface area contributed by atoms with E-state index in [0.29, 0.717) is 16.9 Å². The Balaban J connectivity index is 1.97. The molecule has 1 aromatic rings. The van der Waals surface area contributed by atoms with Gasteiger partial charge in [-0.3, -0.25) is 4.79 Å². The molecule has 0 radical (unpaired) electrons. The third-order valence-corrected chi connectivity index (χ3v) is 3.69. The van der Waals surface area contributed by atoms with Crippen molar-refractivity contribution in [1.29, 1.82) is 0 Å². The summed E-state index contributed by atoms with van der Waals surface area (Å²) in [4.78, 5) is 11.3. The average Bonchev–Trinajstić information content (AvgIpc) is 2.84. The summed E-state index contributed by atoms with van der Waals surface area (Å²) in [6, 6.07) is 5.23. The SMILES string of the molecule is NC(=O)c1cccc(N)c1NCCC1CCCC1. The van der Waals surface area contributed by atoms with Crippen LogP contribution in [0.4, 0.5) is 11.4 Å². The number of amides is 1. The fourth-order valence-electron chi connectivity index (χ4n) is 2.67. The van der Waals surface area contributed by atoms with E-state index >= 15 is 0 Å². The van der Waals surface area contributed by atoms with E-state index in [4.69, 9.17) is 11.5 Å². The molecule has 0 unspecified atom stereocenters. The van der Waals surface area contributed by atoms with Crippen LogP contribution in [-0.2, 0) is 0 Å². The summed E-state index contributed by atoms with van der Waals surface area (Å²) in [6.45, 7) is 0.846. The number of benzene rings is 1. The molecule has 1 saturated carbocycles. The van der Waals surface area contributed by atoms with Crippen LogP contribution in [0, 0.1) is 5.92 Å². The van der Waals surface area contributed by atoms with Gasteiger partial charge in [-0.1, -0.05) is 31.7 Å². The molecule has 1 fully saturated rings. The molecule has 5 N–H and O–H groups in total. The molecular weight excluding hydrogens is 226 g/mol. The maximum atomic E-state index is 11.3. The highest BCUT2D eigenvalue weighted by molar-refractivity contribution is 6.01. The predicted molar refractivity (Wildman–Crippen MR) is 74.4 cm³/mol. The van der Waals surface area contributed by atoms with Gasteiger partial charge in [0.25, 0.3) is 5.91 Å². The normalized spacial score (nSPS) is 15.8. The van der Waals surface area contributed by atoms with E-state index in [9.17, 15) is 4.79 Å². The number of carbonyl (C=O) groups is 1. The number of anilines is 2. The van der Waals surface area contributed by atoms with Crippen LogP contribution in [-0.4, -0.2) is 12.5 Å². The Morgan fingerprint density at radius 2 is 2.06 bits per heavy atom. The first-order chi connectivity index (χ1) is 8.68. The van der Waals surface area contributed by atoms with E-state index < -0.39 is 5.91 Å². The zero-order valence-corrected chi connectivity index (χ0v) is 10.6. The number of hydrogen-bond acceptors (Lipinski definition) is 3. The van der Waals surface area contributed by atoms with Crippen molar-refractivity contribution in [1.82, 2.24) is 0 Å². The molecule has 0 spiro atoms. The molecule has 2 rings (SSSR count). The maximum absolute atomic E-state index is 11.3. The molecule has 0 heterocycles. The number of hydrogen-bond donors (Lipinski definition) is 3. The van der Waals surface area contributed by atoms with Crippen molar-refractivity contribution in [3.8, 4) is 0 Å². The van der Waals surface area contributed by atoms with Gasteiger partial charge in [-0.15, -0.1) is 0 Å². The lowest BCUT2D eigenvalue weighted by Gasteiger charge is -2.14. The van der Waals surface area contributed by atoms with Crippen molar-refractivity contribution in [2.45, 2.75) is 32.1 Å². The first-order valence-corrected chi connectivity index (χ1v) is 6.60. The molecule has 1 aromatic carbocycles. The minimum Gasteiger partial charge on any atom is -0.397 e. The number of nitrogens with one attached hydrogen (secondary N) is 1. The fraction of sp³-hybridized carbons (Fsp3) is 0.500. The van der Waals surface area contributed by atoms with Gasteiger partial charge in [0.2, 0.25) is 0 Å². The minimum atomic E-state index is -0.439. The van der Waals surface area contributed by atoms with Crippen LogP contribution in [0.15, 0.2) is 18.2 Å². The van der Waals surface area contributed by atoms with Crippen molar-refractivity contribution >= 4 is 17.3 Å². The number of carbonyl (C=O) groups excluding carboxylic acids is 1. The molecule has 0 bridgehead atoms. The highest BCUT2D eigenvalue weighted by Gasteiger charge is 2.15. The second-order valence-electron chi connectivity index (χ2n) is 5.00. The number of para-hydroxylation sites is 1. The molecule has 98 valence electrons. The van der Waals surface area contributed by atoms with Gasteiger partial charge in [0, 0.05) is 6.54 Å². The van der Waals surface area contributed by atoms with Crippen molar-refractivity contribution < 1.29 is 4.79 Å². The van der Waals surface area contributed by atoms with Gasteiger partial charge < -0.3 is 16.8 Å². The number of primary amides is 1. The maximum Gasteiger partial charge on any atom is 0.250 e. The van der Waals surface area contributed by atoms with Crippen LogP contribution < -0.4 is 16.8 Å². The lowest BCUT2D eigenvalue weighted by Crippen LogP contribution is -2.17. The summed E-state index contributed by atoms with van der Waals surface area (Å²) in [7, 11) is 0. The van der Waals surface area contributed by atoms with Crippen LogP contribution >= 0.6 is 0 Å². The van der Waals surface area contributed by atoms with E-state index in [1.54, 1.807) is 18.2 Å². The van der Waals surface area contributed by atoms with E-state index in [1.165, 1.54) is 25.7 Å². The molecule has 0 aromatic heterocycles. The third-order valence-electron chi connectivity index (χ3n) is 3.69. The standard InChI is InChI=1S/C14H21N3O/c15-12-7-3-6-11(14(16)18)13(12)17-9-8-10-4-1-2-5-10/h3,6-7,10,17H,1-2,4-5,8-9,15H2,(H2,16,18). The van der Waals surface area contributed by atoms with Crippen molar-refractivity contribution in [2.24, 2.45) is 11.7 Å². The lowest BCUT2D eigenvalue weighted by atomic mass is 10.0. The highest BCUT2D eigenvalue weighted by atomic mass is 16.1. The Morgan fingerprint density at radius 3 is 2.72 bits per heavy atom. The summed E-state index contributed by atoms with van der Waals surface area (Å²) in [5, 5.41) is 3.26. The van der Waals surface area contributed by atoms with Crippen molar-refractivity contribution in [3.63, 3.8) is 0 Å². The number of rotatable bonds is 5. The van der Waals surface area contributed by atoms with Gasteiger partial charge in [0.1, 0.15) is 0 Å². The lowest BCUT2D eigenvalue weighted by molar-refractivity contribution is 0.100. The van der Waals surface area contributed by atoms with E-state index in [0.717, 1.165) is 18.9 Å². The molecule has 0 aliphatic heterocycles. The van der Waals surface area contributed by atoms with Gasteiger partial charge in [-0.05, 0) is 24.5 Å². The summed E-state index contributed by atoms with van der Waals surface area (Å²) >= 11 is 0. The largest absolute Gasteiger partial charge is 0.397 e. The van der Waals surface area contributed by atoms with Crippen molar-refractivity contribution in [2.75, 3.05) is 17.6 Å². The quantitative estimate of drug-likeness (QED) is 0.699. The Kier molecular flexibility index (Phi) is 4.07. The second-order valence-corrected chi connectivity index (χ2v) is 5.00. The zero-order valence-electron chi connectivity index (χ0n) is 10.6. The first-order valence-electron chi connectivity index (χ1n) is 6.60. The van der Waals surface area contributed by atoms with Crippen LogP contribution in [0.25, 0.3) is 0 Å². The first kappa shape index (κ1) is 12.7. The predicted octanol–water partition coefficient (Wildman–Crippen LogP) is 2.36. The van der Waals surface area contributed by atoms with Gasteiger partial charge in [0.15, 0.2) is 0 Å². The van der Waals surface area contributed by atoms with Crippen LogP contribution in [0.1, 0.15) is 42.5 Å². The van der Waals surface area contributed by atoms with E-state index in [1.807, 2.05) is 0 Å². The summed E-state index contributed by atoms with van der Waals surface area (Å²) < 4.78 is 0. The Morgan fingerprint density at radius 1 is 1.33 bits per heavy atom. The summed E-state index contributed by atoms with van der Waals surface area (Å²) in [5.41, 5.74) is 13.0. The topological polar surface area (TPSA) is 81.1 Å². The Hall–Kier alpha value is -1.71. The van der Waals surface area contributed by atoms with E-state index in [-0.39, 0.29) is 0 Å². The molecule has 4 heteroatoms. The van der Waals surface area contributed by atoms with Crippen LogP contribution in [0.3, 0.4) is 0 Å². The van der Waals surface area contributed by atoms with Gasteiger partial charge >= 0.3 is 0 Å². The number of nitrogens with two attached hydrogens (primary N) is 2. The average molecular weight is 247 g/mol. The monoisotopic (exact) mass is 247 g/mol. The van der Waals surface area contributed by atoms with Gasteiger partial charge in [-0.2, -0.15) is 0 Å². The molecule has 18 heavy (non-hydrogen) atoms. The Labute approximate surface area is 108 Å². The van der Waals surface area contributed by atoms with E-state index in [2.05, 4.69) is 5.32 Å². The van der Waals surface area contributed by atoms with Crippen LogP contribution in [0.2, 0.25) is 0 Å². The molecule has 1 amide bonds. The Bertz CT molecular complexity index is 425. The summed E-state index contributed by atoms with van der Waals surface area (Å²) in [6.07, 6.45) is 6.49. The molecular formula is C14H21N3O. The molecule has 1 aliphatic rings. The fourth-order valence-corrected chi connectivity index (χ4v) is 2.67. The van der Waals surface area contributed by atoms with Gasteiger partial charge in [-0.25, -0.2) is 0 Å². The molecule has 4 nitrogen and oxygen atoms in total. The summed E-state index contributed by atoms with van der Waals surface area (Å²) in [5.74, 6) is 0.380. The highest BCUT2D eigenvalue weighted by Crippen LogP contribution is 2.28. The van der Waals surface area contributed by atoms with Crippen molar-refractivity contribution in [3.05, 3.63) is 23.8 Å². The molecule has 1 aliphatic carbocycles. The second kappa shape index (κ2) is 5.76. The third kappa shape index (κ3) is 2.94. The smallest absolute Gasteiger partial charge is 0.250 e. The molecule has 0 saturated heterocycles. The minimum absolute atomic E-state index is 0.439. The van der Waals surface area contributed by atoms with Crippen LogP contribution in [0.5, 0.6) is 0 Å². The number of nitrogen functional groups attached to an aromatic ring is 1. The zero-order chi connectivity index (χ0) is 13.0.